The maximum Gasteiger partial charge on any atom is -0.0236 e. The summed E-state index contributed by atoms with van der Waals surface area (Å²) in [5, 5.41) is 0. The van der Waals surface area contributed by atoms with E-state index in [9.17, 15) is 0 Å². The molecular weight excluding hydrogens is 204 g/mol. The van der Waals surface area contributed by atoms with Crippen molar-refractivity contribution in [1.29, 1.82) is 0 Å². The van der Waals surface area contributed by atoms with Crippen molar-refractivity contribution in [3.63, 3.8) is 0 Å². The molecule has 0 saturated carbocycles. The molecule has 100 valence electrons. The average molecular weight is 236 g/mol. The summed E-state index contributed by atoms with van der Waals surface area (Å²) in [6, 6.07) is 0. The monoisotopic (exact) mass is 236 g/mol. The van der Waals surface area contributed by atoms with Crippen LogP contribution in [0, 0.1) is 11.8 Å². The molecule has 0 aromatic heterocycles. The lowest BCUT2D eigenvalue weighted by Gasteiger charge is -2.12. The van der Waals surface area contributed by atoms with Crippen LogP contribution in [0.1, 0.15) is 72.1 Å². The third kappa shape index (κ3) is 11.7. The van der Waals surface area contributed by atoms with Crippen LogP contribution in [0.3, 0.4) is 0 Å². The average Bonchev–Trinajstić information content (AvgIpc) is 2.30. The molecule has 17 heavy (non-hydrogen) atoms. The lowest BCUT2D eigenvalue weighted by Crippen LogP contribution is -1.98. The zero-order valence-electron chi connectivity index (χ0n) is 12.3. The summed E-state index contributed by atoms with van der Waals surface area (Å²) >= 11 is 0. The Balaban J connectivity index is 3.50. The second-order valence-corrected chi connectivity index (χ2v) is 5.51. The second kappa shape index (κ2) is 12.0. The Bertz CT molecular complexity index is 188. The Morgan fingerprint density at radius 2 is 1.59 bits per heavy atom. The number of hydrogen-bond donors (Lipinski definition) is 0. The fourth-order valence-corrected chi connectivity index (χ4v) is 2.07. The van der Waals surface area contributed by atoms with E-state index < -0.39 is 0 Å². The van der Waals surface area contributed by atoms with Crippen LogP contribution in [0.25, 0.3) is 0 Å². The maximum absolute atomic E-state index is 3.97. The molecule has 0 aliphatic carbocycles. The molecule has 0 nitrogen and oxygen atoms in total. The van der Waals surface area contributed by atoms with Crippen LogP contribution in [0.5, 0.6) is 0 Å². The van der Waals surface area contributed by atoms with Gasteiger partial charge in [0.25, 0.3) is 0 Å². The van der Waals surface area contributed by atoms with Gasteiger partial charge in [0.2, 0.25) is 0 Å². The van der Waals surface area contributed by atoms with Crippen molar-refractivity contribution in [2.75, 3.05) is 0 Å². The van der Waals surface area contributed by atoms with Gasteiger partial charge in [0, 0.05) is 0 Å². The molecule has 0 heterocycles. The maximum atomic E-state index is 3.97. The third-order valence-corrected chi connectivity index (χ3v) is 3.26. The highest BCUT2D eigenvalue weighted by atomic mass is 14.1. The van der Waals surface area contributed by atoms with Gasteiger partial charge in [-0.3, -0.25) is 0 Å². The summed E-state index contributed by atoms with van der Waals surface area (Å²) in [5.41, 5.74) is 0. The van der Waals surface area contributed by atoms with E-state index >= 15 is 0 Å². The minimum Gasteiger partial charge on any atom is -0.103 e. The van der Waals surface area contributed by atoms with E-state index in [0.717, 1.165) is 11.8 Å². The smallest absolute Gasteiger partial charge is 0.0236 e. The normalized spacial score (nSPS) is 13.4. The predicted molar refractivity (Wildman–Crippen MR) is 80.3 cm³/mol. The van der Waals surface area contributed by atoms with Gasteiger partial charge in [-0.2, -0.15) is 0 Å². The van der Waals surface area contributed by atoms with Gasteiger partial charge >= 0.3 is 0 Å². The van der Waals surface area contributed by atoms with Crippen LogP contribution in [0.2, 0.25) is 0 Å². The van der Waals surface area contributed by atoms with Gasteiger partial charge in [-0.05, 0) is 43.9 Å². The number of allylic oxidation sites excluding steroid dienone is 3. The SMILES string of the molecule is C=CC(CCCC=CCCC)CCCC(C)C. The van der Waals surface area contributed by atoms with Crippen LogP contribution in [-0.2, 0) is 0 Å². The Kier molecular flexibility index (Phi) is 11.6. The van der Waals surface area contributed by atoms with Gasteiger partial charge in [-0.1, -0.05) is 58.3 Å². The summed E-state index contributed by atoms with van der Waals surface area (Å²) in [4.78, 5) is 0. The van der Waals surface area contributed by atoms with Crippen LogP contribution in [0.4, 0.5) is 0 Å². The van der Waals surface area contributed by atoms with Gasteiger partial charge in [0.1, 0.15) is 0 Å². The summed E-state index contributed by atoms with van der Waals surface area (Å²) in [6.45, 7) is 10.8. The molecule has 0 spiro atoms. The van der Waals surface area contributed by atoms with E-state index in [-0.39, 0.29) is 0 Å². The largest absolute Gasteiger partial charge is 0.103 e. The molecule has 0 N–H and O–H groups in total. The lowest BCUT2D eigenvalue weighted by atomic mass is 9.94. The molecule has 0 aromatic rings. The first-order valence-corrected chi connectivity index (χ1v) is 7.48. The summed E-state index contributed by atoms with van der Waals surface area (Å²) in [7, 11) is 0. The van der Waals surface area contributed by atoms with Crippen LogP contribution < -0.4 is 0 Å². The first-order valence-electron chi connectivity index (χ1n) is 7.48. The van der Waals surface area contributed by atoms with E-state index in [1.807, 2.05) is 0 Å². The minimum absolute atomic E-state index is 0.744. The number of rotatable bonds is 11. The Hall–Kier alpha value is -0.520. The molecule has 0 bridgehead atoms. The summed E-state index contributed by atoms with van der Waals surface area (Å²) in [5.74, 6) is 1.59. The Labute approximate surface area is 109 Å². The molecule has 0 amide bonds. The predicted octanol–water partition coefficient (Wildman–Crippen LogP) is 6.14. The van der Waals surface area contributed by atoms with Crippen molar-refractivity contribution in [3.05, 3.63) is 24.8 Å². The summed E-state index contributed by atoms with van der Waals surface area (Å²) in [6.07, 6.45) is 17.3. The highest BCUT2D eigenvalue weighted by Crippen LogP contribution is 2.19. The highest BCUT2D eigenvalue weighted by Gasteiger charge is 2.04. The van der Waals surface area contributed by atoms with Gasteiger partial charge in [-0.15, -0.1) is 6.58 Å². The molecule has 1 atom stereocenters. The molecule has 0 fully saturated rings. The van der Waals surface area contributed by atoms with E-state index in [4.69, 9.17) is 0 Å². The Morgan fingerprint density at radius 3 is 2.18 bits per heavy atom. The van der Waals surface area contributed by atoms with Crippen LogP contribution in [0.15, 0.2) is 24.8 Å². The standard InChI is InChI=1S/C17H32/c1-5-7-8-9-10-11-14-17(6-2)15-12-13-16(3)4/h6,8-9,16-17H,2,5,7,10-15H2,1,3-4H3. The topological polar surface area (TPSA) is 0 Å². The molecule has 0 aliphatic heterocycles. The van der Waals surface area contributed by atoms with Crippen molar-refractivity contribution in [2.24, 2.45) is 11.8 Å². The highest BCUT2D eigenvalue weighted by molar-refractivity contribution is 4.83. The number of unbranched alkanes of at least 4 members (excludes halogenated alkanes) is 2. The van der Waals surface area contributed by atoms with Gasteiger partial charge < -0.3 is 0 Å². The third-order valence-electron chi connectivity index (χ3n) is 3.26. The molecule has 0 aromatic carbocycles. The first kappa shape index (κ1) is 16.5. The van der Waals surface area contributed by atoms with E-state index in [2.05, 4.69) is 45.6 Å². The quantitative estimate of drug-likeness (QED) is 0.298. The van der Waals surface area contributed by atoms with E-state index in [1.165, 1.54) is 51.4 Å². The second-order valence-electron chi connectivity index (χ2n) is 5.51. The molecule has 0 saturated heterocycles. The zero-order valence-corrected chi connectivity index (χ0v) is 12.3. The van der Waals surface area contributed by atoms with Crippen LogP contribution in [-0.4, -0.2) is 0 Å². The summed E-state index contributed by atoms with van der Waals surface area (Å²) < 4.78 is 0. The zero-order chi connectivity index (χ0) is 12.9. The molecule has 1 unspecified atom stereocenters. The van der Waals surface area contributed by atoms with Crippen molar-refractivity contribution in [1.82, 2.24) is 0 Å². The van der Waals surface area contributed by atoms with Crippen molar-refractivity contribution < 1.29 is 0 Å². The van der Waals surface area contributed by atoms with Crippen molar-refractivity contribution >= 4 is 0 Å². The minimum atomic E-state index is 0.744. The fourth-order valence-electron chi connectivity index (χ4n) is 2.07. The van der Waals surface area contributed by atoms with E-state index in [1.54, 1.807) is 0 Å². The van der Waals surface area contributed by atoms with Gasteiger partial charge in [0.15, 0.2) is 0 Å². The molecule has 0 radical (unpaired) electrons. The van der Waals surface area contributed by atoms with Crippen molar-refractivity contribution in [3.8, 4) is 0 Å². The number of hydrogen-bond acceptors (Lipinski definition) is 0. The molecule has 0 rings (SSSR count). The van der Waals surface area contributed by atoms with Gasteiger partial charge in [-0.25, -0.2) is 0 Å². The molecular formula is C17H32. The van der Waals surface area contributed by atoms with Crippen LogP contribution >= 0.6 is 0 Å². The molecule has 0 aliphatic rings. The van der Waals surface area contributed by atoms with Gasteiger partial charge in [0.05, 0.1) is 0 Å². The lowest BCUT2D eigenvalue weighted by molar-refractivity contribution is 0.460. The van der Waals surface area contributed by atoms with E-state index in [0.29, 0.717) is 0 Å². The Morgan fingerprint density at radius 1 is 0.941 bits per heavy atom. The first-order chi connectivity index (χ1) is 8.20. The fraction of sp³-hybridized carbons (Fsp3) is 0.765. The molecule has 0 heteroatoms. The van der Waals surface area contributed by atoms with Crippen molar-refractivity contribution in [2.45, 2.75) is 72.1 Å².